The quantitative estimate of drug-likeness (QED) is 0.162. The summed E-state index contributed by atoms with van der Waals surface area (Å²) in [5.41, 5.74) is 1.87. The molecule has 0 bridgehead atoms. The first-order chi connectivity index (χ1) is 22.1. The van der Waals surface area contributed by atoms with E-state index in [-0.39, 0.29) is 35.5 Å². The standard InChI is InChI=1S/C35H34BrCl2N3O4S/c36-27-11-6-10-26(20-27)23-40(33(21-25-8-2-1-3-9-25)35(43)39-30-13-4-5-14-30)34(42)24-41(31-15-7-12-29(38)22-31)46(44,45)32-18-16-28(37)17-19-32/h1-3,6-12,15-20,22,30,33H,4-5,13-14,21,23-24H2,(H,39,43)/t33-/m1/s1. The van der Waals surface area contributed by atoms with Crippen molar-refractivity contribution in [3.63, 3.8) is 0 Å². The molecule has 0 heterocycles. The molecule has 2 amide bonds. The van der Waals surface area contributed by atoms with Gasteiger partial charge in [0.25, 0.3) is 10.0 Å². The van der Waals surface area contributed by atoms with Crippen LogP contribution in [0, 0.1) is 0 Å². The fraction of sp³-hybridized carbons (Fsp3) is 0.257. The van der Waals surface area contributed by atoms with Gasteiger partial charge in [0.2, 0.25) is 11.8 Å². The summed E-state index contributed by atoms with van der Waals surface area (Å²) in [6.45, 7) is -0.487. The molecule has 240 valence electrons. The number of anilines is 1. The number of carbonyl (C=O) groups excluding carboxylic acids is 2. The lowest BCUT2D eigenvalue weighted by Crippen LogP contribution is -2.54. The first-order valence-corrected chi connectivity index (χ1v) is 18.0. The van der Waals surface area contributed by atoms with E-state index in [9.17, 15) is 18.0 Å². The Balaban J connectivity index is 1.57. The molecule has 1 aliphatic carbocycles. The molecule has 0 aliphatic heterocycles. The predicted molar refractivity (Wildman–Crippen MR) is 186 cm³/mol. The number of amides is 2. The Labute approximate surface area is 288 Å². The number of nitrogens with zero attached hydrogens (tertiary/aromatic N) is 2. The number of sulfonamides is 1. The van der Waals surface area contributed by atoms with Crippen molar-refractivity contribution in [1.29, 1.82) is 0 Å². The normalized spacial score (nSPS) is 14.1. The SMILES string of the molecule is O=C(NC1CCCC1)[C@@H](Cc1ccccc1)N(Cc1cccc(Br)c1)C(=O)CN(c1cccc(Cl)c1)S(=O)(=O)c1ccc(Cl)cc1. The fourth-order valence-corrected chi connectivity index (χ4v) is 7.81. The van der Waals surface area contributed by atoms with E-state index >= 15 is 0 Å². The third kappa shape index (κ3) is 8.70. The van der Waals surface area contributed by atoms with Crippen molar-refractivity contribution < 1.29 is 18.0 Å². The number of halogens is 3. The van der Waals surface area contributed by atoms with Crippen molar-refractivity contribution in [3.05, 3.63) is 129 Å². The summed E-state index contributed by atoms with van der Waals surface area (Å²) in [4.78, 5) is 30.1. The predicted octanol–water partition coefficient (Wildman–Crippen LogP) is 7.65. The van der Waals surface area contributed by atoms with Gasteiger partial charge in [0.1, 0.15) is 12.6 Å². The zero-order chi connectivity index (χ0) is 32.7. The molecule has 4 aromatic rings. The highest BCUT2D eigenvalue weighted by atomic mass is 79.9. The molecule has 11 heteroatoms. The molecule has 0 radical (unpaired) electrons. The van der Waals surface area contributed by atoms with Gasteiger partial charge in [-0.3, -0.25) is 13.9 Å². The summed E-state index contributed by atoms with van der Waals surface area (Å²) in [5, 5.41) is 3.87. The van der Waals surface area contributed by atoms with Crippen LogP contribution in [0.1, 0.15) is 36.8 Å². The second-order valence-corrected chi connectivity index (χ2v) is 14.9. The van der Waals surface area contributed by atoms with Gasteiger partial charge in [-0.15, -0.1) is 0 Å². The van der Waals surface area contributed by atoms with E-state index in [1.807, 2.05) is 54.6 Å². The molecule has 7 nitrogen and oxygen atoms in total. The Morgan fingerprint density at radius 2 is 1.50 bits per heavy atom. The maximum atomic E-state index is 14.6. The molecule has 1 saturated carbocycles. The summed E-state index contributed by atoms with van der Waals surface area (Å²) in [5.74, 6) is -0.811. The van der Waals surface area contributed by atoms with Crippen molar-refractivity contribution in [2.24, 2.45) is 0 Å². The first kappa shape index (κ1) is 34.0. The second-order valence-electron chi connectivity index (χ2n) is 11.3. The summed E-state index contributed by atoms with van der Waals surface area (Å²) in [6, 6.07) is 28.2. The molecule has 1 fully saturated rings. The zero-order valence-electron chi connectivity index (χ0n) is 25.0. The van der Waals surface area contributed by atoms with Crippen molar-refractivity contribution in [2.45, 2.75) is 55.6 Å². The molecule has 0 spiro atoms. The van der Waals surface area contributed by atoms with Crippen LogP contribution in [0.25, 0.3) is 0 Å². The smallest absolute Gasteiger partial charge is 0.264 e. The van der Waals surface area contributed by atoms with E-state index in [0.29, 0.717) is 10.0 Å². The van der Waals surface area contributed by atoms with Crippen LogP contribution in [0.5, 0.6) is 0 Å². The van der Waals surface area contributed by atoms with E-state index in [2.05, 4.69) is 21.2 Å². The molecule has 1 aliphatic rings. The minimum Gasteiger partial charge on any atom is -0.352 e. The number of nitrogens with one attached hydrogen (secondary N) is 1. The number of hydrogen-bond acceptors (Lipinski definition) is 4. The molecule has 4 aromatic carbocycles. The van der Waals surface area contributed by atoms with Gasteiger partial charge in [-0.1, -0.05) is 101 Å². The molecule has 0 aromatic heterocycles. The highest BCUT2D eigenvalue weighted by Gasteiger charge is 2.35. The van der Waals surface area contributed by atoms with Crippen molar-refractivity contribution in [2.75, 3.05) is 10.8 Å². The first-order valence-electron chi connectivity index (χ1n) is 15.0. The van der Waals surface area contributed by atoms with Crippen molar-refractivity contribution in [3.8, 4) is 0 Å². The lowest BCUT2D eigenvalue weighted by Gasteiger charge is -2.34. The van der Waals surface area contributed by atoms with Gasteiger partial charge in [0.05, 0.1) is 10.6 Å². The largest absolute Gasteiger partial charge is 0.352 e. The third-order valence-corrected chi connectivity index (χ3v) is 10.8. The van der Waals surface area contributed by atoms with Crippen LogP contribution in [-0.4, -0.2) is 43.8 Å². The lowest BCUT2D eigenvalue weighted by molar-refractivity contribution is -0.140. The van der Waals surface area contributed by atoms with E-state index in [4.69, 9.17) is 23.2 Å². The average molecular weight is 744 g/mol. The molecular formula is C35H34BrCl2N3O4S. The van der Waals surface area contributed by atoms with Crippen LogP contribution in [0.2, 0.25) is 10.0 Å². The molecule has 1 atom stereocenters. The summed E-state index contributed by atoms with van der Waals surface area (Å²) >= 11 is 15.9. The number of carbonyl (C=O) groups is 2. The number of benzene rings is 4. The highest BCUT2D eigenvalue weighted by molar-refractivity contribution is 9.10. The van der Waals surface area contributed by atoms with Crippen molar-refractivity contribution >= 4 is 66.7 Å². The van der Waals surface area contributed by atoms with Gasteiger partial charge >= 0.3 is 0 Å². The Morgan fingerprint density at radius 3 is 2.17 bits per heavy atom. The summed E-state index contributed by atoms with van der Waals surface area (Å²) in [7, 11) is -4.26. The maximum Gasteiger partial charge on any atom is 0.264 e. The second kappa shape index (κ2) is 15.5. The minimum absolute atomic E-state index is 0.0295. The van der Waals surface area contributed by atoms with E-state index in [1.165, 1.54) is 35.2 Å². The van der Waals surface area contributed by atoms with E-state index in [1.54, 1.807) is 18.2 Å². The molecule has 5 rings (SSSR count). The molecule has 46 heavy (non-hydrogen) atoms. The zero-order valence-corrected chi connectivity index (χ0v) is 28.9. The summed E-state index contributed by atoms with van der Waals surface area (Å²) < 4.78 is 30.1. The van der Waals surface area contributed by atoms with Gasteiger partial charge in [0.15, 0.2) is 0 Å². The highest BCUT2D eigenvalue weighted by Crippen LogP contribution is 2.28. The molecule has 1 N–H and O–H groups in total. The van der Waals surface area contributed by atoms with Crippen LogP contribution in [0.4, 0.5) is 5.69 Å². The van der Waals surface area contributed by atoms with E-state index < -0.39 is 28.5 Å². The average Bonchev–Trinajstić information content (AvgIpc) is 3.55. The van der Waals surface area contributed by atoms with Crippen LogP contribution >= 0.6 is 39.1 Å². The fourth-order valence-electron chi connectivity index (χ4n) is 5.65. The van der Waals surface area contributed by atoms with Gasteiger partial charge in [-0.25, -0.2) is 8.42 Å². The number of hydrogen-bond donors (Lipinski definition) is 1. The maximum absolute atomic E-state index is 14.6. The topological polar surface area (TPSA) is 86.8 Å². The van der Waals surface area contributed by atoms with E-state index in [0.717, 1.165) is 45.6 Å². The number of rotatable bonds is 12. The Morgan fingerprint density at radius 1 is 0.826 bits per heavy atom. The van der Waals surface area contributed by atoms with Crippen LogP contribution in [0.15, 0.2) is 112 Å². The van der Waals surface area contributed by atoms with Gasteiger partial charge in [0, 0.05) is 33.5 Å². The molecule has 0 unspecified atom stereocenters. The van der Waals surface area contributed by atoms with Crippen LogP contribution < -0.4 is 9.62 Å². The molecule has 0 saturated heterocycles. The van der Waals surface area contributed by atoms with Gasteiger partial charge < -0.3 is 10.2 Å². The Bertz CT molecular complexity index is 1770. The minimum atomic E-state index is -4.26. The third-order valence-electron chi connectivity index (χ3n) is 7.99. The van der Waals surface area contributed by atoms with Crippen LogP contribution in [0.3, 0.4) is 0 Å². The monoisotopic (exact) mass is 741 g/mol. The van der Waals surface area contributed by atoms with Crippen LogP contribution in [-0.2, 0) is 32.6 Å². The van der Waals surface area contributed by atoms with Gasteiger partial charge in [-0.05, 0) is 78.6 Å². The molecular weight excluding hydrogens is 709 g/mol. The Kier molecular flexibility index (Phi) is 11.4. The Hall–Kier alpha value is -3.37. The van der Waals surface area contributed by atoms with Gasteiger partial charge in [-0.2, -0.15) is 0 Å². The van der Waals surface area contributed by atoms with Crippen molar-refractivity contribution in [1.82, 2.24) is 10.2 Å². The summed E-state index contributed by atoms with van der Waals surface area (Å²) in [6.07, 6.45) is 4.08. The lowest BCUT2D eigenvalue weighted by atomic mass is 10.0.